The Morgan fingerprint density at radius 3 is 2.60 bits per heavy atom. The van der Waals surface area contributed by atoms with E-state index >= 15 is 0 Å². The van der Waals surface area contributed by atoms with E-state index in [9.17, 15) is 14.9 Å². The normalized spacial score (nSPS) is 10.8. The van der Waals surface area contributed by atoms with Gasteiger partial charge in [0, 0.05) is 6.07 Å². The number of hydrogen-bond acceptors (Lipinski definition) is 7. The van der Waals surface area contributed by atoms with Gasteiger partial charge < -0.3 is 10.7 Å². The summed E-state index contributed by atoms with van der Waals surface area (Å²) in [5.41, 5.74) is 4.51. The molecule has 1 heterocycles. The molecule has 0 aliphatic carbocycles. The Morgan fingerprint density at radius 2 is 1.95 bits per heavy atom. The monoisotopic (exact) mass is 292 g/mol. The van der Waals surface area contributed by atoms with Crippen LogP contribution >= 0.6 is 12.2 Å². The van der Waals surface area contributed by atoms with Crippen LogP contribution in [-0.2, 0) is 0 Å². The summed E-state index contributed by atoms with van der Waals surface area (Å²) in [6.07, 6.45) is 0. The molecule has 0 atom stereocenters. The van der Waals surface area contributed by atoms with Crippen LogP contribution in [0.25, 0.3) is 0 Å². The van der Waals surface area contributed by atoms with Crippen LogP contribution in [0.15, 0.2) is 39.3 Å². The first-order valence-electron chi connectivity index (χ1n) is 5.26. The number of nitro benzene ring substituents is 1. The molecule has 9 nitrogen and oxygen atoms in total. The molecule has 0 saturated heterocycles. The molecule has 1 aromatic carbocycles. The Balaban J connectivity index is 2.48. The second-order valence-electron chi connectivity index (χ2n) is 3.62. The summed E-state index contributed by atoms with van der Waals surface area (Å²) in [6, 6.07) is 5.74. The van der Waals surface area contributed by atoms with Gasteiger partial charge in [-0.15, -0.1) is 10.2 Å². The van der Waals surface area contributed by atoms with E-state index in [1.165, 1.54) is 18.2 Å². The van der Waals surface area contributed by atoms with Crippen molar-refractivity contribution in [1.29, 1.82) is 0 Å². The summed E-state index contributed by atoms with van der Waals surface area (Å²) in [5, 5.41) is 18.1. The zero-order chi connectivity index (χ0) is 14.7. The van der Waals surface area contributed by atoms with Gasteiger partial charge in [-0.1, -0.05) is 12.1 Å². The molecular formula is C10H8N6O3S. The maximum Gasteiger partial charge on any atom is 0.296 e. The Hall–Kier alpha value is -2.88. The molecular weight excluding hydrogens is 284 g/mol. The minimum atomic E-state index is -0.631. The molecule has 0 radical (unpaired) electrons. The number of nitro groups is 1. The molecule has 20 heavy (non-hydrogen) atoms. The third-order valence-electron chi connectivity index (χ3n) is 2.28. The van der Waals surface area contributed by atoms with Crippen LogP contribution in [-0.4, -0.2) is 14.9 Å². The number of nitrogens with one attached hydrogen (secondary N) is 2. The first kappa shape index (κ1) is 13.5. The third kappa shape index (κ3) is 2.75. The van der Waals surface area contributed by atoms with E-state index < -0.39 is 10.5 Å². The minimum Gasteiger partial charge on any atom is -0.383 e. The van der Waals surface area contributed by atoms with E-state index in [1.54, 1.807) is 6.07 Å². The zero-order valence-corrected chi connectivity index (χ0v) is 10.7. The molecule has 0 aliphatic heterocycles. The SMILES string of the molecule is Nc1[nH]c(=S)[nH]c(=O)c1N=Nc1ccccc1[N+](=O)[O-]. The molecule has 102 valence electrons. The number of nitrogens with two attached hydrogens (primary N) is 1. The van der Waals surface area contributed by atoms with Gasteiger partial charge in [-0.05, 0) is 18.3 Å². The first-order chi connectivity index (χ1) is 9.49. The van der Waals surface area contributed by atoms with Crippen molar-refractivity contribution in [2.75, 3.05) is 5.73 Å². The van der Waals surface area contributed by atoms with Crippen molar-refractivity contribution < 1.29 is 4.92 Å². The number of benzene rings is 1. The predicted molar refractivity (Wildman–Crippen MR) is 73.9 cm³/mol. The molecule has 1 aromatic heterocycles. The molecule has 0 aliphatic rings. The fourth-order valence-electron chi connectivity index (χ4n) is 1.40. The van der Waals surface area contributed by atoms with E-state index in [-0.39, 0.29) is 27.7 Å². The molecule has 10 heteroatoms. The number of aromatic amines is 2. The first-order valence-corrected chi connectivity index (χ1v) is 5.67. The lowest BCUT2D eigenvalue weighted by atomic mass is 10.3. The van der Waals surface area contributed by atoms with Crippen molar-refractivity contribution in [3.63, 3.8) is 0 Å². The maximum absolute atomic E-state index is 11.6. The Morgan fingerprint density at radius 1 is 1.25 bits per heavy atom. The summed E-state index contributed by atoms with van der Waals surface area (Å²) < 4.78 is 0.0529. The highest BCUT2D eigenvalue weighted by Gasteiger charge is 2.12. The van der Waals surface area contributed by atoms with Gasteiger partial charge in [0.2, 0.25) is 0 Å². The smallest absolute Gasteiger partial charge is 0.296 e. The largest absolute Gasteiger partial charge is 0.383 e. The van der Waals surface area contributed by atoms with E-state index in [0.29, 0.717) is 0 Å². The molecule has 2 rings (SSSR count). The Labute approximate surface area is 116 Å². The van der Waals surface area contributed by atoms with E-state index in [0.717, 1.165) is 0 Å². The van der Waals surface area contributed by atoms with Gasteiger partial charge in [-0.2, -0.15) is 0 Å². The summed E-state index contributed by atoms with van der Waals surface area (Å²) >= 11 is 4.73. The summed E-state index contributed by atoms with van der Waals surface area (Å²) in [7, 11) is 0. The van der Waals surface area contributed by atoms with Gasteiger partial charge in [-0.3, -0.25) is 19.9 Å². The molecule has 0 unspecified atom stereocenters. The van der Waals surface area contributed by atoms with E-state index in [1.807, 2.05) is 0 Å². The standard InChI is InChI=1S/C10H8N6O3S/c11-8-7(9(17)13-10(20)12-8)15-14-5-3-1-2-4-6(5)16(18)19/h1-4H,(H4,11,12,13,17,20). The lowest BCUT2D eigenvalue weighted by Crippen LogP contribution is -2.09. The van der Waals surface area contributed by atoms with Gasteiger partial charge >= 0.3 is 0 Å². The van der Waals surface area contributed by atoms with Crippen LogP contribution in [0.1, 0.15) is 0 Å². The van der Waals surface area contributed by atoms with Crippen LogP contribution in [0.5, 0.6) is 0 Å². The summed E-state index contributed by atoms with van der Waals surface area (Å²) in [4.78, 5) is 26.6. The maximum atomic E-state index is 11.6. The van der Waals surface area contributed by atoms with Crippen LogP contribution in [0, 0.1) is 14.9 Å². The number of H-pyrrole nitrogens is 2. The second-order valence-corrected chi connectivity index (χ2v) is 4.02. The van der Waals surface area contributed by atoms with Crippen molar-refractivity contribution >= 4 is 35.1 Å². The molecule has 4 N–H and O–H groups in total. The molecule has 0 amide bonds. The highest BCUT2D eigenvalue weighted by atomic mass is 32.1. The summed E-state index contributed by atoms with van der Waals surface area (Å²) in [5.74, 6) is -0.0684. The fourth-order valence-corrected chi connectivity index (χ4v) is 1.61. The van der Waals surface area contributed by atoms with Gasteiger partial charge in [-0.25, -0.2) is 0 Å². The topological polar surface area (TPSA) is 143 Å². The number of hydrogen-bond donors (Lipinski definition) is 3. The van der Waals surface area contributed by atoms with Crippen molar-refractivity contribution in [3.05, 3.63) is 49.5 Å². The van der Waals surface area contributed by atoms with Gasteiger partial charge in [0.05, 0.1) is 4.92 Å². The molecule has 0 bridgehead atoms. The molecule has 0 spiro atoms. The molecule has 2 aromatic rings. The van der Waals surface area contributed by atoms with E-state index in [4.69, 9.17) is 18.0 Å². The van der Waals surface area contributed by atoms with Crippen molar-refractivity contribution in [3.8, 4) is 0 Å². The highest BCUT2D eigenvalue weighted by molar-refractivity contribution is 7.71. The quantitative estimate of drug-likeness (QED) is 0.344. The van der Waals surface area contributed by atoms with Crippen molar-refractivity contribution in [2.24, 2.45) is 10.2 Å². The van der Waals surface area contributed by atoms with Crippen LogP contribution in [0.4, 0.5) is 22.9 Å². The number of nitrogens with zero attached hydrogens (tertiary/aromatic N) is 3. The number of azo groups is 1. The highest BCUT2D eigenvalue weighted by Crippen LogP contribution is 2.28. The second kappa shape index (κ2) is 5.40. The van der Waals surface area contributed by atoms with E-state index in [2.05, 4.69) is 20.2 Å². The minimum absolute atomic E-state index is 0.0127. The summed E-state index contributed by atoms with van der Waals surface area (Å²) in [6.45, 7) is 0. The Bertz CT molecular complexity index is 809. The molecule has 0 saturated carbocycles. The van der Waals surface area contributed by atoms with Gasteiger partial charge in [0.25, 0.3) is 11.2 Å². The average molecular weight is 292 g/mol. The lowest BCUT2D eigenvalue weighted by molar-refractivity contribution is -0.384. The van der Waals surface area contributed by atoms with Crippen molar-refractivity contribution in [2.45, 2.75) is 0 Å². The van der Waals surface area contributed by atoms with Gasteiger partial charge in [0.1, 0.15) is 5.82 Å². The number of rotatable bonds is 3. The third-order valence-corrected chi connectivity index (χ3v) is 2.49. The van der Waals surface area contributed by atoms with Crippen LogP contribution in [0.2, 0.25) is 0 Å². The lowest BCUT2D eigenvalue weighted by Gasteiger charge is -1.98. The number of nitrogen functional groups attached to an aromatic ring is 1. The number of anilines is 1. The zero-order valence-electron chi connectivity index (χ0n) is 9.86. The number of para-hydroxylation sites is 1. The average Bonchev–Trinajstić information content (AvgIpc) is 2.37. The molecule has 0 fully saturated rings. The number of aromatic nitrogens is 2. The van der Waals surface area contributed by atoms with Crippen LogP contribution in [0.3, 0.4) is 0 Å². The predicted octanol–water partition coefficient (Wildman–Crippen LogP) is 2.34. The van der Waals surface area contributed by atoms with Gasteiger partial charge in [0.15, 0.2) is 16.1 Å². The Kier molecular flexibility index (Phi) is 3.66. The fraction of sp³-hybridized carbons (Fsp3) is 0. The van der Waals surface area contributed by atoms with Crippen molar-refractivity contribution in [1.82, 2.24) is 9.97 Å². The van der Waals surface area contributed by atoms with Crippen LogP contribution < -0.4 is 11.3 Å².